The summed E-state index contributed by atoms with van der Waals surface area (Å²) in [4.78, 5) is 18.1. The van der Waals surface area contributed by atoms with Gasteiger partial charge in [-0.05, 0) is 29.4 Å². The third-order valence-electron chi connectivity index (χ3n) is 1.58. The van der Waals surface area contributed by atoms with E-state index >= 15 is 0 Å². The SMILES string of the molecule is Nc1ccc([N+](=O)[O-])c(Sc2ncns2)n1. The van der Waals surface area contributed by atoms with Crippen LogP contribution in [-0.2, 0) is 0 Å². The molecule has 0 spiro atoms. The Kier molecular flexibility index (Phi) is 2.97. The molecule has 0 saturated heterocycles. The summed E-state index contributed by atoms with van der Waals surface area (Å²) in [6, 6.07) is 2.72. The molecular formula is C7H5N5O2S2. The third kappa shape index (κ3) is 2.25. The van der Waals surface area contributed by atoms with Gasteiger partial charge < -0.3 is 5.73 Å². The van der Waals surface area contributed by atoms with E-state index in [9.17, 15) is 10.1 Å². The number of rotatable bonds is 3. The molecule has 0 atom stereocenters. The van der Waals surface area contributed by atoms with Crippen molar-refractivity contribution in [3.8, 4) is 0 Å². The van der Waals surface area contributed by atoms with E-state index in [2.05, 4.69) is 14.3 Å². The monoisotopic (exact) mass is 255 g/mol. The fourth-order valence-electron chi connectivity index (χ4n) is 0.952. The molecule has 0 aliphatic carbocycles. The number of hydrogen-bond acceptors (Lipinski definition) is 8. The highest BCUT2D eigenvalue weighted by Gasteiger charge is 2.17. The number of pyridine rings is 1. The smallest absolute Gasteiger partial charge is 0.301 e. The minimum Gasteiger partial charge on any atom is -0.384 e. The van der Waals surface area contributed by atoms with Crippen LogP contribution < -0.4 is 5.73 Å². The zero-order chi connectivity index (χ0) is 11.5. The van der Waals surface area contributed by atoms with Gasteiger partial charge in [-0.1, -0.05) is 0 Å². The van der Waals surface area contributed by atoms with Gasteiger partial charge in [0.2, 0.25) is 0 Å². The minimum absolute atomic E-state index is 0.0885. The van der Waals surface area contributed by atoms with Gasteiger partial charge in [0, 0.05) is 6.07 Å². The van der Waals surface area contributed by atoms with Crippen molar-refractivity contribution < 1.29 is 4.92 Å². The zero-order valence-corrected chi connectivity index (χ0v) is 9.36. The van der Waals surface area contributed by atoms with Gasteiger partial charge in [0.05, 0.1) is 4.92 Å². The van der Waals surface area contributed by atoms with Crippen LogP contribution in [-0.4, -0.2) is 19.3 Å². The minimum atomic E-state index is -0.504. The number of aromatic nitrogens is 3. The van der Waals surface area contributed by atoms with Gasteiger partial charge in [0.1, 0.15) is 12.1 Å². The standard InChI is InChI=1S/C7H5N5O2S2/c8-5-2-1-4(12(13)14)6(11-5)15-7-9-3-10-16-7/h1-3H,(H2,8,11). The van der Waals surface area contributed by atoms with Crippen LogP contribution in [0.25, 0.3) is 0 Å². The number of nitrogens with two attached hydrogens (primary N) is 1. The molecule has 0 aliphatic heterocycles. The van der Waals surface area contributed by atoms with Crippen LogP contribution in [0.15, 0.2) is 27.8 Å². The molecule has 0 aromatic carbocycles. The van der Waals surface area contributed by atoms with Gasteiger partial charge >= 0.3 is 5.69 Å². The van der Waals surface area contributed by atoms with Gasteiger partial charge in [-0.15, -0.1) is 0 Å². The molecule has 0 bridgehead atoms. The summed E-state index contributed by atoms with van der Waals surface area (Å²) >= 11 is 2.22. The second-order valence-electron chi connectivity index (χ2n) is 2.63. The van der Waals surface area contributed by atoms with Gasteiger partial charge in [0.25, 0.3) is 0 Å². The van der Waals surface area contributed by atoms with Crippen LogP contribution in [0.5, 0.6) is 0 Å². The highest BCUT2D eigenvalue weighted by atomic mass is 32.2. The number of nitro groups is 1. The molecule has 2 aromatic rings. The predicted octanol–water partition coefficient (Wildman–Crippen LogP) is 1.57. The molecule has 9 heteroatoms. The van der Waals surface area contributed by atoms with E-state index in [-0.39, 0.29) is 16.5 Å². The van der Waals surface area contributed by atoms with E-state index in [0.29, 0.717) is 4.34 Å². The van der Waals surface area contributed by atoms with E-state index in [4.69, 9.17) is 5.73 Å². The van der Waals surface area contributed by atoms with Gasteiger partial charge in [-0.2, -0.15) is 4.37 Å². The molecule has 7 nitrogen and oxygen atoms in total. The van der Waals surface area contributed by atoms with E-state index < -0.39 is 4.92 Å². The van der Waals surface area contributed by atoms with Crippen LogP contribution in [0.3, 0.4) is 0 Å². The summed E-state index contributed by atoms with van der Waals surface area (Å²) < 4.78 is 4.38. The molecule has 2 rings (SSSR count). The summed E-state index contributed by atoms with van der Waals surface area (Å²) in [7, 11) is 0. The van der Waals surface area contributed by atoms with E-state index in [0.717, 1.165) is 23.3 Å². The molecular weight excluding hydrogens is 250 g/mol. The highest BCUT2D eigenvalue weighted by Crippen LogP contribution is 2.33. The van der Waals surface area contributed by atoms with Crippen molar-refractivity contribution in [2.24, 2.45) is 0 Å². The van der Waals surface area contributed by atoms with Crippen LogP contribution in [0, 0.1) is 10.1 Å². The Balaban J connectivity index is 2.38. The summed E-state index contributed by atoms with van der Waals surface area (Å²) in [6.07, 6.45) is 1.38. The first-order valence-electron chi connectivity index (χ1n) is 4.02. The largest absolute Gasteiger partial charge is 0.384 e. The second-order valence-corrected chi connectivity index (χ2v) is 4.64. The lowest BCUT2D eigenvalue weighted by Gasteiger charge is -1.99. The molecule has 0 aliphatic rings. The van der Waals surface area contributed by atoms with Crippen LogP contribution in [0.2, 0.25) is 0 Å². The Morgan fingerprint density at radius 2 is 2.31 bits per heavy atom. The number of anilines is 1. The quantitative estimate of drug-likeness (QED) is 0.655. The molecule has 2 N–H and O–H groups in total. The molecule has 2 aromatic heterocycles. The lowest BCUT2D eigenvalue weighted by Crippen LogP contribution is -1.97. The molecule has 0 radical (unpaired) electrons. The van der Waals surface area contributed by atoms with E-state index in [1.807, 2.05) is 0 Å². The normalized spacial score (nSPS) is 10.2. The second kappa shape index (κ2) is 4.41. The Morgan fingerprint density at radius 1 is 1.50 bits per heavy atom. The Labute approximate surface area is 98.0 Å². The first-order chi connectivity index (χ1) is 7.66. The average molecular weight is 255 g/mol. The lowest BCUT2D eigenvalue weighted by molar-refractivity contribution is -0.388. The third-order valence-corrected chi connectivity index (χ3v) is 3.29. The summed E-state index contributed by atoms with van der Waals surface area (Å²) in [5, 5.41) is 11.0. The summed E-state index contributed by atoms with van der Waals surface area (Å²) in [5.41, 5.74) is 5.39. The number of nitrogen functional groups attached to an aromatic ring is 1. The molecule has 0 fully saturated rings. The fraction of sp³-hybridized carbons (Fsp3) is 0. The summed E-state index contributed by atoms with van der Waals surface area (Å²) in [6.45, 7) is 0. The topological polar surface area (TPSA) is 108 Å². The van der Waals surface area contributed by atoms with Crippen LogP contribution >= 0.6 is 23.3 Å². The molecule has 0 amide bonds. The maximum absolute atomic E-state index is 10.7. The van der Waals surface area contributed by atoms with Crippen molar-refractivity contribution >= 4 is 34.8 Å². The van der Waals surface area contributed by atoms with Crippen molar-refractivity contribution in [1.29, 1.82) is 0 Å². The lowest BCUT2D eigenvalue weighted by atomic mass is 10.4. The molecule has 0 saturated carbocycles. The highest BCUT2D eigenvalue weighted by molar-refractivity contribution is 8.01. The molecule has 0 unspecified atom stereocenters. The van der Waals surface area contributed by atoms with E-state index in [1.165, 1.54) is 18.5 Å². The maximum Gasteiger partial charge on any atom is 0.301 e. The summed E-state index contributed by atoms with van der Waals surface area (Å²) in [5.74, 6) is 0.234. The molecule has 82 valence electrons. The predicted molar refractivity (Wildman–Crippen MR) is 59.3 cm³/mol. The van der Waals surface area contributed by atoms with Gasteiger partial charge in [0.15, 0.2) is 9.37 Å². The zero-order valence-electron chi connectivity index (χ0n) is 7.73. The first-order valence-corrected chi connectivity index (χ1v) is 5.61. The Hall–Kier alpha value is -1.74. The van der Waals surface area contributed by atoms with Crippen molar-refractivity contribution in [2.45, 2.75) is 9.37 Å². The molecule has 16 heavy (non-hydrogen) atoms. The Bertz CT molecular complexity index is 516. The molecule has 2 heterocycles. The van der Waals surface area contributed by atoms with Gasteiger partial charge in [-0.3, -0.25) is 10.1 Å². The fourth-order valence-corrected chi connectivity index (χ4v) is 2.41. The van der Waals surface area contributed by atoms with Crippen molar-refractivity contribution in [2.75, 3.05) is 5.73 Å². The van der Waals surface area contributed by atoms with Gasteiger partial charge in [-0.25, -0.2) is 9.97 Å². The maximum atomic E-state index is 10.7. The van der Waals surface area contributed by atoms with Crippen LogP contribution in [0.4, 0.5) is 11.5 Å². The van der Waals surface area contributed by atoms with Crippen molar-refractivity contribution in [3.63, 3.8) is 0 Å². The van der Waals surface area contributed by atoms with Crippen LogP contribution in [0.1, 0.15) is 0 Å². The first kappa shape index (κ1) is 10.8. The average Bonchev–Trinajstić information content (AvgIpc) is 2.70. The number of hydrogen-bond donors (Lipinski definition) is 1. The Morgan fingerprint density at radius 3 is 2.94 bits per heavy atom. The van der Waals surface area contributed by atoms with E-state index in [1.54, 1.807) is 0 Å². The van der Waals surface area contributed by atoms with Crippen molar-refractivity contribution in [1.82, 2.24) is 14.3 Å². The van der Waals surface area contributed by atoms with Crippen molar-refractivity contribution in [3.05, 3.63) is 28.6 Å². The number of nitrogens with zero attached hydrogens (tertiary/aromatic N) is 4.